The van der Waals surface area contributed by atoms with Gasteiger partial charge in [0.25, 0.3) is 5.91 Å². The molecule has 0 bridgehead atoms. The van der Waals surface area contributed by atoms with E-state index in [0.717, 1.165) is 50.9 Å². The monoisotopic (exact) mass is 422 g/mol. The standard InChI is InChI=1S/C25H18N4OS/c30-24(28-20-10-9-15-5-3-11-26-23(15)20)22-14-31-25(29-22)18-8-7-17-12-16-4-1-2-6-19(16)27-21(17)13-18/h1-8,11-14,20H,9-10H2,(H,28,30). The van der Waals surface area contributed by atoms with Crippen LogP contribution in [0.5, 0.6) is 0 Å². The summed E-state index contributed by atoms with van der Waals surface area (Å²) in [5, 5.41) is 7.94. The molecule has 2 aromatic carbocycles. The molecule has 1 unspecified atom stereocenters. The van der Waals surface area contributed by atoms with Crippen LogP contribution in [0.2, 0.25) is 0 Å². The van der Waals surface area contributed by atoms with E-state index in [9.17, 15) is 4.79 Å². The maximum atomic E-state index is 12.8. The van der Waals surface area contributed by atoms with Crippen molar-refractivity contribution in [3.05, 3.63) is 89.2 Å². The van der Waals surface area contributed by atoms with Crippen molar-refractivity contribution in [1.29, 1.82) is 0 Å². The number of nitrogens with one attached hydrogen (secondary N) is 1. The summed E-state index contributed by atoms with van der Waals surface area (Å²) in [4.78, 5) is 26.7. The molecule has 0 radical (unpaired) electrons. The first-order valence-electron chi connectivity index (χ1n) is 10.2. The Kier molecular flexibility index (Phi) is 4.25. The normalized spacial score (nSPS) is 15.3. The van der Waals surface area contributed by atoms with Crippen LogP contribution in [0.4, 0.5) is 0 Å². The molecule has 0 fully saturated rings. The Balaban J connectivity index is 1.27. The molecule has 0 spiro atoms. The van der Waals surface area contributed by atoms with Crippen LogP contribution in [-0.2, 0) is 6.42 Å². The van der Waals surface area contributed by atoms with Crippen LogP contribution < -0.4 is 5.32 Å². The van der Waals surface area contributed by atoms with E-state index in [-0.39, 0.29) is 11.9 Å². The molecule has 1 aliphatic rings. The van der Waals surface area contributed by atoms with Crippen LogP contribution in [0.25, 0.3) is 32.4 Å². The molecule has 1 amide bonds. The number of benzene rings is 2. The lowest BCUT2D eigenvalue weighted by Gasteiger charge is -2.11. The summed E-state index contributed by atoms with van der Waals surface area (Å²) >= 11 is 1.47. The quantitative estimate of drug-likeness (QED) is 0.399. The second-order valence-corrected chi connectivity index (χ2v) is 8.60. The summed E-state index contributed by atoms with van der Waals surface area (Å²) < 4.78 is 0. The predicted molar refractivity (Wildman–Crippen MR) is 123 cm³/mol. The third-order valence-corrected chi connectivity index (χ3v) is 6.66. The Morgan fingerprint density at radius 3 is 2.84 bits per heavy atom. The maximum Gasteiger partial charge on any atom is 0.271 e. The summed E-state index contributed by atoms with van der Waals surface area (Å²) in [6.07, 6.45) is 3.59. The van der Waals surface area contributed by atoms with Gasteiger partial charge < -0.3 is 5.32 Å². The van der Waals surface area contributed by atoms with E-state index < -0.39 is 0 Å². The van der Waals surface area contributed by atoms with Gasteiger partial charge >= 0.3 is 0 Å². The van der Waals surface area contributed by atoms with Crippen molar-refractivity contribution >= 4 is 39.0 Å². The van der Waals surface area contributed by atoms with Crippen LogP contribution in [-0.4, -0.2) is 20.9 Å². The van der Waals surface area contributed by atoms with E-state index in [1.807, 2.05) is 41.8 Å². The van der Waals surface area contributed by atoms with E-state index in [4.69, 9.17) is 4.98 Å². The first-order chi connectivity index (χ1) is 15.2. The van der Waals surface area contributed by atoms with Crippen molar-refractivity contribution in [2.75, 3.05) is 0 Å². The molecule has 3 heterocycles. The first kappa shape index (κ1) is 18.2. The zero-order valence-corrected chi connectivity index (χ0v) is 17.4. The van der Waals surface area contributed by atoms with Gasteiger partial charge in [0, 0.05) is 27.9 Å². The zero-order chi connectivity index (χ0) is 20.8. The number of amides is 1. The average molecular weight is 423 g/mol. The van der Waals surface area contributed by atoms with E-state index in [0.29, 0.717) is 5.69 Å². The largest absolute Gasteiger partial charge is 0.342 e. The van der Waals surface area contributed by atoms with E-state index >= 15 is 0 Å². The Bertz CT molecular complexity index is 1460. The second kappa shape index (κ2) is 7.25. The minimum atomic E-state index is -0.157. The number of carbonyl (C=O) groups is 1. The lowest BCUT2D eigenvalue weighted by molar-refractivity contribution is 0.0931. The second-order valence-electron chi connectivity index (χ2n) is 7.74. The molecule has 6 rings (SSSR count). The summed E-state index contributed by atoms with van der Waals surface area (Å²) in [5.41, 5.74) is 5.48. The van der Waals surface area contributed by atoms with Crippen LogP contribution in [0.3, 0.4) is 0 Å². The van der Waals surface area contributed by atoms with Gasteiger partial charge in [0.1, 0.15) is 10.7 Å². The van der Waals surface area contributed by atoms with Gasteiger partial charge in [-0.25, -0.2) is 9.97 Å². The summed E-state index contributed by atoms with van der Waals surface area (Å²) in [7, 11) is 0. The molecule has 150 valence electrons. The molecule has 0 saturated heterocycles. The van der Waals surface area contributed by atoms with Gasteiger partial charge in [0.2, 0.25) is 0 Å². The smallest absolute Gasteiger partial charge is 0.271 e. The van der Waals surface area contributed by atoms with Crippen molar-refractivity contribution in [2.45, 2.75) is 18.9 Å². The van der Waals surface area contributed by atoms with Gasteiger partial charge in [-0.15, -0.1) is 11.3 Å². The first-order valence-corrected chi connectivity index (χ1v) is 11.1. The number of rotatable bonds is 3. The van der Waals surface area contributed by atoms with Crippen LogP contribution in [0.15, 0.2) is 72.2 Å². The number of hydrogen-bond acceptors (Lipinski definition) is 5. The fraction of sp³-hybridized carbons (Fsp3) is 0.120. The molecule has 1 aliphatic carbocycles. The molecule has 3 aromatic heterocycles. The van der Waals surface area contributed by atoms with Gasteiger partial charge in [-0.1, -0.05) is 36.4 Å². The molecule has 0 saturated carbocycles. The van der Waals surface area contributed by atoms with Crippen molar-refractivity contribution < 1.29 is 4.79 Å². The zero-order valence-electron chi connectivity index (χ0n) is 16.6. The van der Waals surface area contributed by atoms with Gasteiger partial charge in [0.15, 0.2) is 0 Å². The maximum absolute atomic E-state index is 12.8. The Morgan fingerprint density at radius 1 is 0.968 bits per heavy atom. The molecule has 0 aliphatic heterocycles. The van der Waals surface area contributed by atoms with Crippen LogP contribution in [0, 0.1) is 0 Å². The number of hydrogen-bond donors (Lipinski definition) is 1. The van der Waals surface area contributed by atoms with Crippen molar-refractivity contribution in [1.82, 2.24) is 20.3 Å². The van der Waals surface area contributed by atoms with Crippen molar-refractivity contribution in [3.8, 4) is 10.6 Å². The number of carbonyl (C=O) groups excluding carboxylic acids is 1. The number of aromatic nitrogens is 3. The summed E-state index contributed by atoms with van der Waals surface area (Å²) in [5.74, 6) is -0.157. The molecule has 1 atom stereocenters. The third-order valence-electron chi connectivity index (χ3n) is 5.77. The Labute approximate surface area is 182 Å². The highest BCUT2D eigenvalue weighted by atomic mass is 32.1. The third kappa shape index (κ3) is 3.25. The highest BCUT2D eigenvalue weighted by Crippen LogP contribution is 2.31. The minimum Gasteiger partial charge on any atom is -0.342 e. The average Bonchev–Trinajstić information content (AvgIpc) is 3.45. The molecular weight excluding hydrogens is 404 g/mol. The molecule has 31 heavy (non-hydrogen) atoms. The Morgan fingerprint density at radius 2 is 1.87 bits per heavy atom. The number of aryl methyl sites for hydroxylation is 1. The number of fused-ring (bicyclic) bond motifs is 3. The van der Waals surface area contributed by atoms with Gasteiger partial charge in [-0.2, -0.15) is 0 Å². The fourth-order valence-electron chi connectivity index (χ4n) is 4.20. The predicted octanol–water partition coefficient (Wildman–Crippen LogP) is 5.32. The van der Waals surface area contributed by atoms with Crippen molar-refractivity contribution in [2.24, 2.45) is 0 Å². The molecule has 1 N–H and O–H groups in total. The van der Waals surface area contributed by atoms with Crippen molar-refractivity contribution in [3.63, 3.8) is 0 Å². The lowest BCUT2D eigenvalue weighted by atomic mass is 10.1. The highest BCUT2D eigenvalue weighted by Gasteiger charge is 2.26. The molecule has 5 aromatic rings. The molecule has 6 heteroatoms. The topological polar surface area (TPSA) is 67.8 Å². The summed E-state index contributed by atoms with van der Waals surface area (Å²) in [6, 6.07) is 20.4. The van der Waals surface area contributed by atoms with Crippen LogP contribution in [0.1, 0.15) is 34.2 Å². The van der Waals surface area contributed by atoms with E-state index in [1.165, 1.54) is 16.9 Å². The SMILES string of the molecule is O=C(NC1CCc2cccnc21)c1csc(-c2ccc3cc4ccccc4nc3c2)n1. The summed E-state index contributed by atoms with van der Waals surface area (Å²) in [6.45, 7) is 0. The highest BCUT2D eigenvalue weighted by molar-refractivity contribution is 7.13. The lowest BCUT2D eigenvalue weighted by Crippen LogP contribution is -2.27. The minimum absolute atomic E-state index is 0.0491. The number of thiazole rings is 1. The molecular formula is C25H18N4OS. The van der Waals surface area contributed by atoms with E-state index in [1.54, 1.807) is 6.20 Å². The fourth-order valence-corrected chi connectivity index (χ4v) is 5.00. The van der Waals surface area contributed by atoms with Gasteiger partial charge in [-0.05, 0) is 42.7 Å². The molecule has 5 nitrogen and oxygen atoms in total. The van der Waals surface area contributed by atoms with Gasteiger partial charge in [-0.3, -0.25) is 9.78 Å². The Hall–Kier alpha value is -3.64. The van der Waals surface area contributed by atoms with E-state index in [2.05, 4.69) is 39.6 Å². The number of pyridine rings is 2. The van der Waals surface area contributed by atoms with Crippen LogP contribution >= 0.6 is 11.3 Å². The number of para-hydroxylation sites is 1. The van der Waals surface area contributed by atoms with Gasteiger partial charge in [0.05, 0.1) is 22.8 Å². The number of nitrogens with zero attached hydrogens (tertiary/aromatic N) is 3.